The minimum absolute atomic E-state index is 0.856. The number of nitrogens with one attached hydrogen (secondary N) is 1. The molecule has 0 amide bonds. The lowest BCUT2D eigenvalue weighted by Gasteiger charge is -2.06. The van der Waals surface area contributed by atoms with Crippen molar-refractivity contribution in [3.63, 3.8) is 0 Å². The number of aryl methyl sites for hydroxylation is 2. The Bertz CT molecular complexity index is 506. The smallest absolute Gasteiger partial charge is 0.0900 e. The molecule has 0 radical (unpaired) electrons. The van der Waals surface area contributed by atoms with Crippen LogP contribution in [0.4, 0.5) is 5.69 Å². The highest BCUT2D eigenvalue weighted by atomic mass is 32.2. The van der Waals surface area contributed by atoms with Gasteiger partial charge < -0.3 is 5.32 Å². The fraction of sp³-hybridized carbons (Fsp3) is 0.308. The van der Waals surface area contributed by atoms with Gasteiger partial charge in [-0.1, -0.05) is 6.07 Å². The molecule has 0 unspecified atom stereocenters. The molecule has 2 rings (SSSR count). The zero-order valence-corrected chi connectivity index (χ0v) is 11.9. The van der Waals surface area contributed by atoms with Crippen LogP contribution >= 0.6 is 23.1 Å². The van der Waals surface area contributed by atoms with E-state index in [0.717, 1.165) is 17.2 Å². The standard InChI is InChI=1S/C13H16N2S2/c1-9-13(17-10(2)15-9)8-14-11-5-4-6-12(7-11)16-3/h4-7,14H,8H2,1-3H3. The Morgan fingerprint density at radius 1 is 1.35 bits per heavy atom. The molecular weight excluding hydrogens is 248 g/mol. The fourth-order valence-electron chi connectivity index (χ4n) is 1.65. The summed E-state index contributed by atoms with van der Waals surface area (Å²) in [5, 5.41) is 4.58. The number of benzene rings is 1. The van der Waals surface area contributed by atoms with Gasteiger partial charge in [0.1, 0.15) is 0 Å². The average Bonchev–Trinajstić information content (AvgIpc) is 2.65. The molecule has 1 heterocycles. The van der Waals surface area contributed by atoms with Crippen LogP contribution in [0, 0.1) is 13.8 Å². The molecule has 0 aliphatic carbocycles. The molecule has 4 heteroatoms. The average molecular weight is 264 g/mol. The van der Waals surface area contributed by atoms with E-state index >= 15 is 0 Å². The van der Waals surface area contributed by atoms with Gasteiger partial charge in [-0.25, -0.2) is 4.98 Å². The Hall–Kier alpha value is -1.00. The van der Waals surface area contributed by atoms with E-state index in [1.165, 1.54) is 15.5 Å². The lowest BCUT2D eigenvalue weighted by atomic mass is 10.3. The lowest BCUT2D eigenvalue weighted by molar-refractivity contribution is 1.10. The van der Waals surface area contributed by atoms with E-state index in [2.05, 4.69) is 54.7 Å². The van der Waals surface area contributed by atoms with Crippen molar-refractivity contribution in [3.05, 3.63) is 39.8 Å². The van der Waals surface area contributed by atoms with E-state index in [4.69, 9.17) is 0 Å². The minimum atomic E-state index is 0.856. The maximum absolute atomic E-state index is 4.43. The second-order valence-electron chi connectivity index (χ2n) is 3.83. The quantitative estimate of drug-likeness (QED) is 0.842. The number of rotatable bonds is 4. The van der Waals surface area contributed by atoms with Crippen molar-refractivity contribution in [2.24, 2.45) is 0 Å². The van der Waals surface area contributed by atoms with Gasteiger partial charge in [0.15, 0.2) is 0 Å². The molecule has 90 valence electrons. The van der Waals surface area contributed by atoms with Crippen LogP contribution < -0.4 is 5.32 Å². The van der Waals surface area contributed by atoms with Crippen molar-refractivity contribution in [1.82, 2.24) is 4.98 Å². The van der Waals surface area contributed by atoms with Crippen LogP contribution in [-0.4, -0.2) is 11.2 Å². The third kappa shape index (κ3) is 3.23. The highest BCUT2D eigenvalue weighted by Gasteiger charge is 2.04. The third-order valence-corrected chi connectivity index (χ3v) is 4.32. The van der Waals surface area contributed by atoms with Crippen LogP contribution in [0.5, 0.6) is 0 Å². The number of nitrogens with zero attached hydrogens (tertiary/aromatic N) is 1. The summed E-state index contributed by atoms with van der Waals surface area (Å²) >= 11 is 3.53. The summed E-state index contributed by atoms with van der Waals surface area (Å²) in [6, 6.07) is 8.48. The molecule has 1 N–H and O–H groups in total. The Balaban J connectivity index is 2.04. The topological polar surface area (TPSA) is 24.9 Å². The normalized spacial score (nSPS) is 10.5. The molecule has 0 aliphatic heterocycles. The van der Waals surface area contributed by atoms with Crippen molar-refractivity contribution in [1.29, 1.82) is 0 Å². The summed E-state index contributed by atoms with van der Waals surface area (Å²) in [5.74, 6) is 0. The Kier molecular flexibility index (Phi) is 4.07. The largest absolute Gasteiger partial charge is 0.380 e. The molecule has 0 aliphatic rings. The number of hydrogen-bond acceptors (Lipinski definition) is 4. The van der Waals surface area contributed by atoms with E-state index in [9.17, 15) is 0 Å². The van der Waals surface area contributed by atoms with Crippen LogP contribution in [0.25, 0.3) is 0 Å². The van der Waals surface area contributed by atoms with Crippen molar-refractivity contribution in [2.75, 3.05) is 11.6 Å². The first-order valence-electron chi connectivity index (χ1n) is 5.50. The fourth-order valence-corrected chi connectivity index (χ4v) is 2.99. The number of hydrogen-bond donors (Lipinski definition) is 1. The van der Waals surface area contributed by atoms with Gasteiger partial charge in [0.05, 0.1) is 17.2 Å². The highest BCUT2D eigenvalue weighted by Crippen LogP contribution is 2.21. The predicted octanol–water partition coefficient (Wildman–Crippen LogP) is 4.09. The van der Waals surface area contributed by atoms with Gasteiger partial charge in [0.2, 0.25) is 0 Å². The summed E-state index contributed by atoms with van der Waals surface area (Å²) in [6.45, 7) is 4.98. The van der Waals surface area contributed by atoms with E-state index in [-0.39, 0.29) is 0 Å². The predicted molar refractivity (Wildman–Crippen MR) is 77.1 cm³/mol. The second kappa shape index (κ2) is 5.56. The van der Waals surface area contributed by atoms with E-state index in [1.807, 2.05) is 0 Å². The molecule has 2 nitrogen and oxygen atoms in total. The van der Waals surface area contributed by atoms with Gasteiger partial charge >= 0.3 is 0 Å². The van der Waals surface area contributed by atoms with Crippen LogP contribution in [0.3, 0.4) is 0 Å². The Labute approximate surface area is 110 Å². The molecule has 2 aromatic rings. The van der Waals surface area contributed by atoms with Crippen LogP contribution in [0.15, 0.2) is 29.2 Å². The highest BCUT2D eigenvalue weighted by molar-refractivity contribution is 7.98. The second-order valence-corrected chi connectivity index (χ2v) is 5.99. The third-order valence-electron chi connectivity index (χ3n) is 2.52. The summed E-state index contributed by atoms with van der Waals surface area (Å²) in [7, 11) is 0. The first kappa shape index (κ1) is 12.5. The summed E-state index contributed by atoms with van der Waals surface area (Å²) in [4.78, 5) is 7.03. The van der Waals surface area contributed by atoms with Crippen molar-refractivity contribution < 1.29 is 0 Å². The zero-order chi connectivity index (χ0) is 12.3. The number of anilines is 1. The molecule has 1 aromatic carbocycles. The van der Waals surface area contributed by atoms with Gasteiger partial charge in [0, 0.05) is 15.5 Å². The van der Waals surface area contributed by atoms with E-state index in [1.54, 1.807) is 23.1 Å². The first-order chi connectivity index (χ1) is 8.19. The van der Waals surface area contributed by atoms with E-state index < -0.39 is 0 Å². The molecule has 0 spiro atoms. The molecule has 0 fully saturated rings. The van der Waals surface area contributed by atoms with Crippen LogP contribution in [0.2, 0.25) is 0 Å². The van der Waals surface area contributed by atoms with Crippen LogP contribution in [-0.2, 0) is 6.54 Å². The summed E-state index contributed by atoms with van der Waals surface area (Å²) in [5.41, 5.74) is 2.31. The van der Waals surface area contributed by atoms with Gasteiger partial charge in [-0.05, 0) is 38.3 Å². The summed E-state index contributed by atoms with van der Waals surface area (Å²) in [6.07, 6.45) is 2.09. The zero-order valence-electron chi connectivity index (χ0n) is 10.3. The molecule has 0 bridgehead atoms. The number of aromatic nitrogens is 1. The van der Waals surface area contributed by atoms with E-state index in [0.29, 0.717) is 0 Å². The van der Waals surface area contributed by atoms with Crippen molar-refractivity contribution in [3.8, 4) is 0 Å². The maximum Gasteiger partial charge on any atom is 0.0900 e. The summed E-state index contributed by atoms with van der Waals surface area (Å²) < 4.78 is 0. The van der Waals surface area contributed by atoms with Gasteiger partial charge in [-0.15, -0.1) is 23.1 Å². The molecule has 17 heavy (non-hydrogen) atoms. The number of thiazole rings is 1. The SMILES string of the molecule is CSc1cccc(NCc2sc(C)nc2C)c1. The molecule has 0 saturated heterocycles. The minimum Gasteiger partial charge on any atom is -0.380 e. The molecule has 0 saturated carbocycles. The lowest BCUT2D eigenvalue weighted by Crippen LogP contribution is -1.98. The molecular formula is C13H16N2S2. The van der Waals surface area contributed by atoms with Gasteiger partial charge in [0.25, 0.3) is 0 Å². The number of thioether (sulfide) groups is 1. The maximum atomic E-state index is 4.43. The van der Waals surface area contributed by atoms with Gasteiger partial charge in [-0.3, -0.25) is 0 Å². The molecule has 0 atom stereocenters. The van der Waals surface area contributed by atoms with Crippen molar-refractivity contribution in [2.45, 2.75) is 25.3 Å². The Morgan fingerprint density at radius 3 is 2.82 bits per heavy atom. The monoisotopic (exact) mass is 264 g/mol. The molecule has 1 aromatic heterocycles. The first-order valence-corrected chi connectivity index (χ1v) is 7.54. The van der Waals surface area contributed by atoms with Crippen LogP contribution in [0.1, 0.15) is 15.6 Å². The Morgan fingerprint density at radius 2 is 2.18 bits per heavy atom. The van der Waals surface area contributed by atoms with Crippen molar-refractivity contribution >= 4 is 28.8 Å². The van der Waals surface area contributed by atoms with Gasteiger partial charge in [-0.2, -0.15) is 0 Å².